The van der Waals surface area contributed by atoms with Crippen molar-refractivity contribution in [1.29, 1.82) is 0 Å². The maximum absolute atomic E-state index is 4.31. The Balaban J connectivity index is 1.84. The first-order valence-corrected chi connectivity index (χ1v) is 5.62. The lowest BCUT2D eigenvalue weighted by Gasteiger charge is -2.29. The summed E-state index contributed by atoms with van der Waals surface area (Å²) >= 11 is 0. The van der Waals surface area contributed by atoms with Crippen molar-refractivity contribution in [3.05, 3.63) is 18.5 Å². The van der Waals surface area contributed by atoms with E-state index in [0.29, 0.717) is 6.04 Å². The van der Waals surface area contributed by atoms with Crippen LogP contribution in [-0.4, -0.2) is 22.4 Å². The second kappa shape index (κ2) is 4.60. The van der Waals surface area contributed by atoms with Crippen molar-refractivity contribution < 1.29 is 0 Å². The third-order valence-electron chi connectivity index (χ3n) is 3.09. The highest BCUT2D eigenvalue weighted by Crippen LogP contribution is 2.27. The number of nitrogens with one attached hydrogen (secondary N) is 1. The Labute approximate surface area is 85.5 Å². The summed E-state index contributed by atoms with van der Waals surface area (Å²) in [5.41, 5.74) is 0. The first kappa shape index (κ1) is 9.71. The molecule has 1 aromatic heterocycles. The molecule has 3 heteroatoms. The number of rotatable bonds is 3. The van der Waals surface area contributed by atoms with Gasteiger partial charge in [-0.1, -0.05) is 6.92 Å². The molecule has 0 aliphatic heterocycles. The van der Waals surface area contributed by atoms with Crippen LogP contribution >= 0.6 is 0 Å². The van der Waals surface area contributed by atoms with E-state index in [2.05, 4.69) is 28.2 Å². The first-order chi connectivity index (χ1) is 6.90. The van der Waals surface area contributed by atoms with Crippen molar-refractivity contribution in [2.24, 2.45) is 0 Å². The van der Waals surface area contributed by atoms with Crippen LogP contribution in [0.25, 0.3) is 0 Å². The third kappa shape index (κ3) is 2.15. The van der Waals surface area contributed by atoms with Gasteiger partial charge >= 0.3 is 0 Å². The van der Waals surface area contributed by atoms with Crippen LogP contribution < -0.4 is 5.32 Å². The van der Waals surface area contributed by atoms with E-state index in [4.69, 9.17) is 0 Å². The van der Waals surface area contributed by atoms with Gasteiger partial charge in [0.15, 0.2) is 0 Å². The molecular formula is C11H19N3. The predicted molar refractivity (Wildman–Crippen MR) is 57.2 cm³/mol. The minimum atomic E-state index is 0.639. The molecule has 0 aromatic carbocycles. The molecule has 0 bridgehead atoms. The fourth-order valence-corrected chi connectivity index (χ4v) is 2.33. The Morgan fingerprint density at radius 3 is 2.71 bits per heavy atom. The summed E-state index contributed by atoms with van der Waals surface area (Å²) in [5, 5.41) is 7.83. The number of hydrogen-bond acceptors (Lipinski definition) is 2. The van der Waals surface area contributed by atoms with Crippen LogP contribution in [0.5, 0.6) is 0 Å². The van der Waals surface area contributed by atoms with Crippen LogP contribution in [0, 0.1) is 0 Å². The molecule has 2 rings (SSSR count). The van der Waals surface area contributed by atoms with E-state index in [1.54, 1.807) is 0 Å². The molecule has 0 radical (unpaired) electrons. The molecule has 1 aliphatic carbocycles. The van der Waals surface area contributed by atoms with Gasteiger partial charge in [-0.2, -0.15) is 5.10 Å². The van der Waals surface area contributed by atoms with Gasteiger partial charge in [0.25, 0.3) is 0 Å². The Kier molecular flexibility index (Phi) is 3.19. The highest BCUT2D eigenvalue weighted by Gasteiger charge is 2.21. The Hall–Kier alpha value is -0.830. The van der Waals surface area contributed by atoms with E-state index in [9.17, 15) is 0 Å². The van der Waals surface area contributed by atoms with Crippen LogP contribution in [0.4, 0.5) is 0 Å². The maximum Gasteiger partial charge on any atom is 0.0520 e. The summed E-state index contributed by atoms with van der Waals surface area (Å²) in [4.78, 5) is 0. The number of aromatic nitrogens is 2. The summed E-state index contributed by atoms with van der Waals surface area (Å²) in [6.07, 6.45) is 9.06. The molecule has 0 spiro atoms. The number of nitrogens with zero attached hydrogens (tertiary/aromatic N) is 2. The van der Waals surface area contributed by atoms with Gasteiger partial charge in [0.1, 0.15) is 0 Å². The molecule has 1 N–H and O–H groups in total. The predicted octanol–water partition coefficient (Wildman–Crippen LogP) is 1.98. The van der Waals surface area contributed by atoms with Gasteiger partial charge < -0.3 is 5.32 Å². The van der Waals surface area contributed by atoms with Crippen molar-refractivity contribution in [3.8, 4) is 0 Å². The van der Waals surface area contributed by atoms with E-state index in [1.165, 1.54) is 25.7 Å². The molecule has 1 saturated carbocycles. The molecule has 1 heterocycles. The van der Waals surface area contributed by atoms with Crippen molar-refractivity contribution >= 4 is 0 Å². The van der Waals surface area contributed by atoms with Gasteiger partial charge in [0.2, 0.25) is 0 Å². The average Bonchev–Trinajstić information content (AvgIpc) is 2.72. The van der Waals surface area contributed by atoms with Crippen LogP contribution in [0.1, 0.15) is 38.6 Å². The molecule has 0 atom stereocenters. The van der Waals surface area contributed by atoms with Crippen LogP contribution in [0.3, 0.4) is 0 Å². The van der Waals surface area contributed by atoms with E-state index in [-0.39, 0.29) is 0 Å². The minimum Gasteiger partial charge on any atom is -0.314 e. The van der Waals surface area contributed by atoms with Gasteiger partial charge in [0, 0.05) is 18.4 Å². The smallest absolute Gasteiger partial charge is 0.0520 e. The zero-order chi connectivity index (χ0) is 9.80. The van der Waals surface area contributed by atoms with E-state index in [1.807, 2.05) is 12.3 Å². The lowest BCUT2D eigenvalue weighted by Crippen LogP contribution is -2.33. The minimum absolute atomic E-state index is 0.639. The summed E-state index contributed by atoms with van der Waals surface area (Å²) in [5.74, 6) is 0. The van der Waals surface area contributed by atoms with E-state index in [0.717, 1.165) is 12.6 Å². The third-order valence-corrected chi connectivity index (χ3v) is 3.09. The Morgan fingerprint density at radius 2 is 2.14 bits per heavy atom. The molecule has 1 aromatic rings. The maximum atomic E-state index is 4.31. The molecular weight excluding hydrogens is 174 g/mol. The molecule has 1 aliphatic rings. The lowest BCUT2D eigenvalue weighted by molar-refractivity contribution is 0.279. The van der Waals surface area contributed by atoms with Gasteiger partial charge in [-0.3, -0.25) is 4.68 Å². The Bertz CT molecular complexity index is 248. The van der Waals surface area contributed by atoms with Crippen molar-refractivity contribution in [1.82, 2.24) is 15.1 Å². The van der Waals surface area contributed by atoms with Gasteiger partial charge in [-0.15, -0.1) is 0 Å². The highest BCUT2D eigenvalue weighted by atomic mass is 15.3. The standard InChI is InChI=1S/C11H19N3/c1-2-12-10-4-6-11(7-5-10)14-9-3-8-13-14/h3,8-12H,2,4-7H2,1H3/t10-,11+. The van der Waals surface area contributed by atoms with Gasteiger partial charge in [-0.05, 0) is 38.3 Å². The molecule has 78 valence electrons. The Morgan fingerprint density at radius 1 is 1.36 bits per heavy atom. The summed E-state index contributed by atoms with van der Waals surface area (Å²) in [6, 6.07) is 3.39. The highest BCUT2D eigenvalue weighted by molar-refractivity contribution is 4.85. The second-order valence-electron chi connectivity index (χ2n) is 4.05. The fraction of sp³-hybridized carbons (Fsp3) is 0.727. The van der Waals surface area contributed by atoms with Crippen LogP contribution in [0.15, 0.2) is 18.5 Å². The summed E-state index contributed by atoms with van der Waals surface area (Å²) in [7, 11) is 0. The lowest BCUT2D eigenvalue weighted by atomic mass is 9.91. The van der Waals surface area contributed by atoms with Crippen molar-refractivity contribution in [2.45, 2.75) is 44.7 Å². The average molecular weight is 193 g/mol. The normalized spacial score (nSPS) is 27.8. The van der Waals surface area contributed by atoms with E-state index >= 15 is 0 Å². The molecule has 14 heavy (non-hydrogen) atoms. The molecule has 1 fully saturated rings. The zero-order valence-corrected chi connectivity index (χ0v) is 8.82. The monoisotopic (exact) mass is 193 g/mol. The summed E-state index contributed by atoms with van der Waals surface area (Å²) < 4.78 is 2.11. The summed E-state index contributed by atoms with van der Waals surface area (Å²) in [6.45, 7) is 3.27. The quantitative estimate of drug-likeness (QED) is 0.795. The topological polar surface area (TPSA) is 29.9 Å². The van der Waals surface area contributed by atoms with Crippen molar-refractivity contribution in [3.63, 3.8) is 0 Å². The number of hydrogen-bond donors (Lipinski definition) is 1. The fourth-order valence-electron chi connectivity index (χ4n) is 2.33. The molecule has 0 unspecified atom stereocenters. The zero-order valence-electron chi connectivity index (χ0n) is 8.82. The molecule has 0 amide bonds. The molecule has 0 saturated heterocycles. The second-order valence-corrected chi connectivity index (χ2v) is 4.05. The van der Waals surface area contributed by atoms with Crippen molar-refractivity contribution in [2.75, 3.05) is 6.54 Å². The largest absolute Gasteiger partial charge is 0.314 e. The van der Waals surface area contributed by atoms with Gasteiger partial charge in [-0.25, -0.2) is 0 Å². The van der Waals surface area contributed by atoms with Gasteiger partial charge in [0.05, 0.1) is 6.04 Å². The van der Waals surface area contributed by atoms with Crippen LogP contribution in [0.2, 0.25) is 0 Å². The molecule has 3 nitrogen and oxygen atoms in total. The first-order valence-electron chi connectivity index (χ1n) is 5.62. The van der Waals surface area contributed by atoms with Crippen LogP contribution in [-0.2, 0) is 0 Å². The SMILES string of the molecule is CCN[C@H]1CC[C@@H](n2cccn2)CC1. The van der Waals surface area contributed by atoms with E-state index < -0.39 is 0 Å².